The van der Waals surface area contributed by atoms with Gasteiger partial charge >= 0.3 is 0 Å². The number of amides is 1. The Hall–Kier alpha value is -2.18. The summed E-state index contributed by atoms with van der Waals surface area (Å²) >= 11 is 5.91. The van der Waals surface area contributed by atoms with Crippen molar-refractivity contribution in [1.29, 1.82) is 0 Å². The standard InChI is InChI=1S/C17H17ClFN3O2/c18-14-2-3-15(19)13(9-14)11-21-5-7-22(8-6-21)17(24)12-1-4-16(23)20-10-12/h1-4,9-10H,5-8,11H2,(H,20,23). The lowest BCUT2D eigenvalue weighted by atomic mass is 10.1. The maximum Gasteiger partial charge on any atom is 0.255 e. The Bertz CT molecular complexity index is 780. The maximum atomic E-state index is 13.8. The number of pyridine rings is 1. The first-order valence-corrected chi connectivity index (χ1v) is 8.05. The number of carbonyl (C=O) groups is 1. The van der Waals surface area contributed by atoms with E-state index in [2.05, 4.69) is 9.88 Å². The molecule has 0 bridgehead atoms. The SMILES string of the molecule is O=C(c1ccc(=O)[nH]c1)N1CCN(Cc2cc(Cl)ccc2F)CC1. The Labute approximate surface area is 143 Å². The van der Waals surface area contributed by atoms with Gasteiger partial charge in [0, 0.05) is 55.6 Å². The molecule has 1 aliphatic rings. The number of nitrogens with one attached hydrogen (secondary N) is 1. The number of hydrogen-bond donors (Lipinski definition) is 1. The van der Waals surface area contributed by atoms with E-state index in [1.54, 1.807) is 11.0 Å². The number of hydrogen-bond acceptors (Lipinski definition) is 3. The molecule has 0 radical (unpaired) electrons. The van der Waals surface area contributed by atoms with Crippen molar-refractivity contribution >= 4 is 17.5 Å². The minimum absolute atomic E-state index is 0.111. The zero-order chi connectivity index (χ0) is 17.1. The lowest BCUT2D eigenvalue weighted by molar-refractivity contribution is 0.0626. The summed E-state index contributed by atoms with van der Waals surface area (Å²) in [5.41, 5.74) is 0.784. The molecule has 1 fully saturated rings. The lowest BCUT2D eigenvalue weighted by Crippen LogP contribution is -2.48. The molecular formula is C17H17ClFN3O2. The number of carbonyl (C=O) groups excluding carboxylic acids is 1. The van der Waals surface area contributed by atoms with Crippen molar-refractivity contribution < 1.29 is 9.18 Å². The van der Waals surface area contributed by atoms with Crippen LogP contribution in [0.2, 0.25) is 5.02 Å². The smallest absolute Gasteiger partial charge is 0.255 e. The van der Waals surface area contributed by atoms with E-state index in [1.807, 2.05) is 0 Å². The van der Waals surface area contributed by atoms with Gasteiger partial charge in [-0.1, -0.05) is 11.6 Å². The summed E-state index contributed by atoms with van der Waals surface area (Å²) in [5, 5.41) is 0.512. The minimum atomic E-state index is -0.272. The first-order chi connectivity index (χ1) is 11.5. The average Bonchev–Trinajstić information content (AvgIpc) is 2.59. The highest BCUT2D eigenvalue weighted by molar-refractivity contribution is 6.30. The molecule has 2 aromatic rings. The number of benzene rings is 1. The molecule has 1 aromatic heterocycles. The molecule has 7 heteroatoms. The van der Waals surface area contributed by atoms with Gasteiger partial charge in [0.2, 0.25) is 5.56 Å². The van der Waals surface area contributed by atoms with Crippen molar-refractivity contribution in [2.45, 2.75) is 6.54 Å². The molecule has 0 atom stereocenters. The molecule has 1 aliphatic heterocycles. The highest BCUT2D eigenvalue weighted by Gasteiger charge is 2.22. The number of nitrogens with zero attached hydrogens (tertiary/aromatic N) is 2. The van der Waals surface area contributed by atoms with Crippen molar-refractivity contribution in [2.75, 3.05) is 26.2 Å². The summed E-state index contributed by atoms with van der Waals surface area (Å²) in [6.07, 6.45) is 1.43. The van der Waals surface area contributed by atoms with Gasteiger partial charge < -0.3 is 9.88 Å². The lowest BCUT2D eigenvalue weighted by Gasteiger charge is -2.34. The van der Waals surface area contributed by atoms with Crippen molar-refractivity contribution in [3.05, 3.63) is 68.8 Å². The predicted octanol–water partition coefficient (Wildman–Crippen LogP) is 2.13. The Morgan fingerprint density at radius 1 is 1.17 bits per heavy atom. The van der Waals surface area contributed by atoms with E-state index in [0.717, 1.165) is 0 Å². The summed E-state index contributed by atoms with van der Waals surface area (Å²) < 4.78 is 13.8. The molecule has 1 amide bonds. The van der Waals surface area contributed by atoms with E-state index in [0.29, 0.717) is 48.9 Å². The third-order valence-corrected chi connectivity index (χ3v) is 4.33. The van der Waals surface area contributed by atoms with Crippen LogP contribution < -0.4 is 5.56 Å². The summed E-state index contributed by atoms with van der Waals surface area (Å²) in [7, 11) is 0. The topological polar surface area (TPSA) is 56.4 Å². The predicted molar refractivity (Wildman–Crippen MR) is 89.7 cm³/mol. The molecule has 0 aliphatic carbocycles. The van der Waals surface area contributed by atoms with Gasteiger partial charge in [-0.3, -0.25) is 14.5 Å². The van der Waals surface area contributed by atoms with Crippen LogP contribution in [-0.4, -0.2) is 46.9 Å². The average molecular weight is 350 g/mol. The Balaban J connectivity index is 1.59. The molecule has 126 valence electrons. The molecule has 0 saturated carbocycles. The van der Waals surface area contributed by atoms with Crippen LogP contribution in [0, 0.1) is 5.82 Å². The molecule has 24 heavy (non-hydrogen) atoms. The normalized spacial score (nSPS) is 15.5. The highest BCUT2D eigenvalue weighted by atomic mass is 35.5. The molecule has 2 heterocycles. The van der Waals surface area contributed by atoms with E-state index in [9.17, 15) is 14.0 Å². The third kappa shape index (κ3) is 3.83. The van der Waals surface area contributed by atoms with Gasteiger partial charge in [-0.05, 0) is 24.3 Å². The zero-order valence-electron chi connectivity index (χ0n) is 13.0. The largest absolute Gasteiger partial charge is 0.336 e. The second-order valence-corrected chi connectivity index (χ2v) is 6.18. The zero-order valence-corrected chi connectivity index (χ0v) is 13.7. The van der Waals surface area contributed by atoms with Crippen LogP contribution in [-0.2, 0) is 6.54 Å². The number of halogens is 2. The second-order valence-electron chi connectivity index (χ2n) is 5.75. The van der Waals surface area contributed by atoms with Gasteiger partial charge in [0.25, 0.3) is 5.91 Å². The van der Waals surface area contributed by atoms with Crippen LogP contribution in [0.5, 0.6) is 0 Å². The first-order valence-electron chi connectivity index (χ1n) is 7.67. The molecule has 1 N–H and O–H groups in total. The van der Waals surface area contributed by atoms with Gasteiger partial charge in [0.1, 0.15) is 5.82 Å². The molecule has 3 rings (SSSR count). The van der Waals surface area contributed by atoms with E-state index in [4.69, 9.17) is 11.6 Å². The molecule has 0 spiro atoms. The highest BCUT2D eigenvalue weighted by Crippen LogP contribution is 2.18. The number of rotatable bonds is 3. The second kappa shape index (κ2) is 7.15. The number of aromatic amines is 1. The third-order valence-electron chi connectivity index (χ3n) is 4.09. The summed E-state index contributed by atoms with van der Waals surface area (Å²) in [6.45, 7) is 2.88. The van der Waals surface area contributed by atoms with Crippen molar-refractivity contribution in [2.24, 2.45) is 0 Å². The van der Waals surface area contributed by atoms with E-state index >= 15 is 0 Å². The molecule has 0 unspecified atom stereocenters. The van der Waals surface area contributed by atoms with Crippen LogP contribution in [0.1, 0.15) is 15.9 Å². The van der Waals surface area contributed by atoms with Crippen LogP contribution in [0.25, 0.3) is 0 Å². The quantitative estimate of drug-likeness (QED) is 0.923. The molecule has 5 nitrogen and oxygen atoms in total. The van der Waals surface area contributed by atoms with Gasteiger partial charge in [-0.2, -0.15) is 0 Å². The molecule has 1 saturated heterocycles. The van der Waals surface area contributed by atoms with E-state index < -0.39 is 0 Å². The fourth-order valence-corrected chi connectivity index (χ4v) is 2.94. The van der Waals surface area contributed by atoms with Crippen molar-refractivity contribution in [3.63, 3.8) is 0 Å². The number of piperazine rings is 1. The number of aromatic nitrogens is 1. The summed E-state index contributed by atoms with van der Waals surface area (Å²) in [5.74, 6) is -0.383. The molecule has 1 aromatic carbocycles. The van der Waals surface area contributed by atoms with Gasteiger partial charge in [-0.25, -0.2) is 4.39 Å². The fraction of sp³-hybridized carbons (Fsp3) is 0.294. The molecular weight excluding hydrogens is 333 g/mol. The minimum Gasteiger partial charge on any atom is -0.336 e. The van der Waals surface area contributed by atoms with Crippen LogP contribution in [0.3, 0.4) is 0 Å². The van der Waals surface area contributed by atoms with Crippen LogP contribution >= 0.6 is 11.6 Å². The monoisotopic (exact) mass is 349 g/mol. The maximum absolute atomic E-state index is 13.8. The Kier molecular flexibility index (Phi) is 4.97. The van der Waals surface area contributed by atoms with E-state index in [1.165, 1.54) is 30.5 Å². The van der Waals surface area contributed by atoms with Gasteiger partial charge in [-0.15, -0.1) is 0 Å². The summed E-state index contributed by atoms with van der Waals surface area (Å²) in [4.78, 5) is 29.8. The van der Waals surface area contributed by atoms with Gasteiger partial charge in [0.05, 0.1) is 5.56 Å². The van der Waals surface area contributed by atoms with Crippen molar-refractivity contribution in [1.82, 2.24) is 14.8 Å². The first kappa shape index (κ1) is 16.7. The number of H-pyrrole nitrogens is 1. The van der Waals surface area contributed by atoms with Gasteiger partial charge in [0.15, 0.2) is 0 Å². The van der Waals surface area contributed by atoms with Crippen LogP contribution in [0.15, 0.2) is 41.3 Å². The fourth-order valence-electron chi connectivity index (χ4n) is 2.74. The van der Waals surface area contributed by atoms with Crippen molar-refractivity contribution in [3.8, 4) is 0 Å². The Morgan fingerprint density at radius 2 is 1.92 bits per heavy atom. The van der Waals surface area contributed by atoms with E-state index in [-0.39, 0.29) is 17.3 Å². The Morgan fingerprint density at radius 3 is 2.58 bits per heavy atom. The van der Waals surface area contributed by atoms with Crippen LogP contribution in [0.4, 0.5) is 4.39 Å². The summed E-state index contributed by atoms with van der Waals surface area (Å²) in [6, 6.07) is 7.39.